The van der Waals surface area contributed by atoms with Crippen LogP contribution in [0.4, 0.5) is 0 Å². The van der Waals surface area contributed by atoms with E-state index in [-0.39, 0.29) is 29.6 Å². The molecule has 0 saturated heterocycles. The van der Waals surface area contributed by atoms with Crippen LogP contribution in [-0.2, 0) is 4.79 Å². The Bertz CT molecular complexity index is 238. The number of aliphatic hydroxyl groups excluding tert-OH is 1. The monoisotopic (exact) mass is 309 g/mol. The Morgan fingerprint density at radius 2 is 1.43 bits per heavy atom. The summed E-state index contributed by atoms with van der Waals surface area (Å²) in [5.41, 5.74) is 0. The van der Waals surface area contributed by atoms with Crippen molar-refractivity contribution >= 4 is 5.97 Å². The van der Waals surface area contributed by atoms with Crippen LogP contribution in [-0.4, -0.2) is 29.8 Å². The average Bonchev–Trinajstić information content (AvgIpc) is 2.39. The number of nitrogens with one attached hydrogen (secondary N) is 1. The molecule has 0 bridgehead atoms. The molecule has 0 aliphatic carbocycles. The topological polar surface area (TPSA) is 72.4 Å². The molecule has 0 aliphatic rings. The number of carbonyl (C=O) groups excluding carboxylic acids is 1. The fourth-order valence-corrected chi connectivity index (χ4v) is 2.32. The number of aliphatic carboxylic acids is 1. The molecule has 120 valence electrons. The number of carboxylic acid groups (broad SMARTS) is 1. The molecular weight excluding hydrogens is 277 g/mol. The quantitative estimate of drug-likeness (QED) is 0.319. The molecule has 0 rings (SSSR count). The molecule has 2 N–H and O–H groups in total. The fourth-order valence-electron chi connectivity index (χ4n) is 2.32. The summed E-state index contributed by atoms with van der Waals surface area (Å²) in [5, 5.41) is 22.8. The maximum absolute atomic E-state index is 10.7. The Labute approximate surface area is 152 Å². The second kappa shape index (κ2) is 16.8. The maximum atomic E-state index is 10.7. The summed E-state index contributed by atoms with van der Waals surface area (Å²) in [5.74, 6) is -1.23. The minimum absolute atomic E-state index is 0. The van der Waals surface area contributed by atoms with E-state index >= 15 is 0 Å². The summed E-state index contributed by atoms with van der Waals surface area (Å²) in [7, 11) is 0. The first-order valence-corrected chi connectivity index (χ1v) is 8.22. The second-order valence-electron chi connectivity index (χ2n) is 5.67. The number of rotatable bonds is 14. The van der Waals surface area contributed by atoms with Crippen molar-refractivity contribution < 1.29 is 44.6 Å². The van der Waals surface area contributed by atoms with Gasteiger partial charge in [0.15, 0.2) is 0 Å². The maximum Gasteiger partial charge on any atom is 1.00 e. The Balaban J connectivity index is 0. The molecule has 0 saturated carbocycles. The van der Waals surface area contributed by atoms with Crippen LogP contribution in [0.5, 0.6) is 0 Å². The van der Waals surface area contributed by atoms with Crippen LogP contribution in [0.15, 0.2) is 0 Å². The number of carbonyl (C=O) groups is 1. The molecule has 4 nitrogen and oxygen atoms in total. The van der Waals surface area contributed by atoms with Gasteiger partial charge in [0, 0.05) is 0 Å². The minimum atomic E-state index is -1.23. The van der Waals surface area contributed by atoms with Gasteiger partial charge in [0.2, 0.25) is 0 Å². The zero-order chi connectivity index (χ0) is 15.2. The van der Waals surface area contributed by atoms with E-state index < -0.39 is 18.1 Å². The zero-order valence-corrected chi connectivity index (χ0v) is 16.2. The summed E-state index contributed by atoms with van der Waals surface area (Å²) in [6.07, 6.45) is 11.7. The molecule has 0 heterocycles. The van der Waals surface area contributed by atoms with Gasteiger partial charge >= 0.3 is 29.6 Å². The molecule has 0 fully saturated rings. The van der Waals surface area contributed by atoms with Crippen LogP contribution in [0.2, 0.25) is 0 Å². The van der Waals surface area contributed by atoms with Crippen molar-refractivity contribution in [2.45, 2.75) is 90.2 Å². The Morgan fingerprint density at radius 3 is 1.81 bits per heavy atom. The molecule has 0 amide bonds. The first kappa shape index (κ1) is 23.7. The third-order valence-corrected chi connectivity index (χ3v) is 3.63. The molecule has 2 atom stereocenters. The van der Waals surface area contributed by atoms with Crippen LogP contribution in [0, 0.1) is 0 Å². The SMILES string of the molecule is CCCCCCCCCCCCN[C@H](C(=O)[O-])[C@@H](C)O.[Na+]. The first-order valence-electron chi connectivity index (χ1n) is 8.22. The molecule has 0 aromatic rings. The summed E-state index contributed by atoms with van der Waals surface area (Å²) >= 11 is 0. The molecule has 0 aliphatic heterocycles. The molecule has 5 heteroatoms. The van der Waals surface area contributed by atoms with Gasteiger partial charge in [-0.25, -0.2) is 0 Å². The van der Waals surface area contributed by atoms with Crippen LogP contribution < -0.4 is 40.0 Å². The largest absolute Gasteiger partial charge is 1.00 e. The van der Waals surface area contributed by atoms with Crippen molar-refractivity contribution in [1.29, 1.82) is 0 Å². The van der Waals surface area contributed by atoms with Crippen LogP contribution in [0.1, 0.15) is 78.1 Å². The predicted molar refractivity (Wildman–Crippen MR) is 80.3 cm³/mol. The molecule has 0 aromatic heterocycles. The standard InChI is InChI=1S/C16H33NO3.Na/c1-3-4-5-6-7-8-9-10-11-12-13-17-15(14(2)18)16(19)20;/h14-15,17-18H,3-13H2,1-2H3,(H,19,20);/q;+1/p-1/t14-,15+;/m1./s1. The van der Waals surface area contributed by atoms with Gasteiger partial charge in [-0.15, -0.1) is 0 Å². The van der Waals surface area contributed by atoms with E-state index in [0.717, 1.165) is 12.8 Å². The van der Waals surface area contributed by atoms with E-state index in [4.69, 9.17) is 0 Å². The van der Waals surface area contributed by atoms with E-state index in [2.05, 4.69) is 12.2 Å². The van der Waals surface area contributed by atoms with Gasteiger partial charge in [-0.2, -0.15) is 0 Å². The summed E-state index contributed by atoms with van der Waals surface area (Å²) < 4.78 is 0. The average molecular weight is 309 g/mol. The van der Waals surface area contributed by atoms with Crippen molar-refractivity contribution in [1.82, 2.24) is 5.32 Å². The van der Waals surface area contributed by atoms with Gasteiger partial charge in [0.05, 0.1) is 18.1 Å². The first-order chi connectivity index (χ1) is 9.59. The van der Waals surface area contributed by atoms with E-state index in [1.54, 1.807) is 0 Å². The Hall–Kier alpha value is 0.390. The Kier molecular flexibility index (Phi) is 18.9. The van der Waals surface area contributed by atoms with Crippen molar-refractivity contribution in [3.63, 3.8) is 0 Å². The second-order valence-corrected chi connectivity index (χ2v) is 5.67. The molecule has 0 unspecified atom stereocenters. The van der Waals surface area contributed by atoms with Crippen LogP contribution in [0.25, 0.3) is 0 Å². The predicted octanol–water partition coefficient (Wildman–Crippen LogP) is -1.000. The third kappa shape index (κ3) is 15.1. The van der Waals surface area contributed by atoms with Crippen LogP contribution >= 0.6 is 0 Å². The van der Waals surface area contributed by atoms with E-state index in [1.165, 1.54) is 58.3 Å². The zero-order valence-electron chi connectivity index (χ0n) is 14.2. The van der Waals surface area contributed by atoms with Crippen molar-refractivity contribution in [2.75, 3.05) is 6.54 Å². The van der Waals surface area contributed by atoms with Gasteiger partial charge in [0.1, 0.15) is 0 Å². The molecule has 0 radical (unpaired) electrons. The van der Waals surface area contributed by atoms with Crippen molar-refractivity contribution in [2.24, 2.45) is 0 Å². The number of aliphatic hydroxyl groups is 1. The third-order valence-electron chi connectivity index (χ3n) is 3.63. The van der Waals surface area contributed by atoms with Gasteiger partial charge < -0.3 is 20.3 Å². The van der Waals surface area contributed by atoms with Crippen LogP contribution in [0.3, 0.4) is 0 Å². The van der Waals surface area contributed by atoms with E-state index in [9.17, 15) is 15.0 Å². The number of carboxylic acids is 1. The minimum Gasteiger partial charge on any atom is -0.548 e. The van der Waals surface area contributed by atoms with Gasteiger partial charge in [-0.3, -0.25) is 0 Å². The summed E-state index contributed by atoms with van der Waals surface area (Å²) in [6.45, 7) is 4.32. The fraction of sp³-hybridized carbons (Fsp3) is 0.938. The summed E-state index contributed by atoms with van der Waals surface area (Å²) in [6, 6.07) is -0.950. The molecule has 0 spiro atoms. The number of hydrogen-bond acceptors (Lipinski definition) is 4. The normalized spacial score (nSPS) is 13.5. The molecular formula is C16H32NNaO3. The summed E-state index contributed by atoms with van der Waals surface area (Å²) in [4.78, 5) is 10.7. The number of unbranched alkanes of at least 4 members (excludes halogenated alkanes) is 9. The van der Waals surface area contributed by atoms with E-state index in [1.807, 2.05) is 0 Å². The molecule has 0 aromatic carbocycles. The Morgan fingerprint density at radius 1 is 1.00 bits per heavy atom. The van der Waals surface area contributed by atoms with E-state index in [0.29, 0.717) is 6.54 Å². The van der Waals surface area contributed by atoms with Crippen molar-refractivity contribution in [3.05, 3.63) is 0 Å². The van der Waals surface area contributed by atoms with Gasteiger partial charge in [-0.1, -0.05) is 64.7 Å². The van der Waals surface area contributed by atoms with Gasteiger partial charge in [-0.05, 0) is 19.9 Å². The van der Waals surface area contributed by atoms with Crippen molar-refractivity contribution in [3.8, 4) is 0 Å². The smallest absolute Gasteiger partial charge is 0.548 e. The number of hydrogen-bond donors (Lipinski definition) is 2. The molecule has 21 heavy (non-hydrogen) atoms. The van der Waals surface area contributed by atoms with Gasteiger partial charge in [0.25, 0.3) is 0 Å².